The highest BCUT2D eigenvalue weighted by Crippen LogP contribution is 2.21. The van der Waals surface area contributed by atoms with Crippen molar-refractivity contribution in [3.8, 4) is 0 Å². The summed E-state index contributed by atoms with van der Waals surface area (Å²) in [6, 6.07) is 4.94. The molecule has 0 saturated carbocycles. The summed E-state index contributed by atoms with van der Waals surface area (Å²) in [5.41, 5.74) is 0.667. The van der Waals surface area contributed by atoms with Gasteiger partial charge < -0.3 is 9.47 Å². The summed E-state index contributed by atoms with van der Waals surface area (Å²) in [5.74, 6) is -0.849. The molecule has 0 unspecified atom stereocenters. The third-order valence-electron chi connectivity index (χ3n) is 2.70. The van der Waals surface area contributed by atoms with Gasteiger partial charge in [0.25, 0.3) is 0 Å². The molecule has 116 valence electrons. The number of unbranched alkanes of at least 4 members (excludes halogenated alkanes) is 1. The van der Waals surface area contributed by atoms with E-state index in [0.29, 0.717) is 22.2 Å². The first-order chi connectivity index (χ1) is 10.0. The van der Waals surface area contributed by atoms with Crippen molar-refractivity contribution >= 4 is 35.1 Å². The molecule has 0 saturated heterocycles. The first-order valence-corrected chi connectivity index (χ1v) is 7.53. The Morgan fingerprint density at radius 3 is 2.38 bits per heavy atom. The standard InChI is InChI=1S/C15H18Cl2O4/c1-2-3-8-20-14(18)6-7-15(19)21-10-11-4-5-12(16)9-13(11)17/h4-5,9H,2-3,6-8,10H2,1H3. The van der Waals surface area contributed by atoms with Crippen LogP contribution >= 0.6 is 23.2 Å². The summed E-state index contributed by atoms with van der Waals surface area (Å²) in [7, 11) is 0. The second-order valence-corrected chi connectivity index (χ2v) is 5.31. The molecule has 0 aromatic heterocycles. The fraction of sp³-hybridized carbons (Fsp3) is 0.467. The number of carbonyl (C=O) groups excluding carboxylic acids is 2. The molecule has 0 spiro atoms. The fourth-order valence-electron chi connectivity index (χ4n) is 1.48. The molecule has 1 rings (SSSR count). The van der Waals surface area contributed by atoms with Gasteiger partial charge in [-0.3, -0.25) is 9.59 Å². The summed E-state index contributed by atoms with van der Waals surface area (Å²) < 4.78 is 10.00. The van der Waals surface area contributed by atoms with E-state index in [2.05, 4.69) is 0 Å². The molecular weight excluding hydrogens is 315 g/mol. The molecular formula is C15H18Cl2O4. The summed E-state index contributed by atoms with van der Waals surface area (Å²) in [6.07, 6.45) is 1.80. The normalized spacial score (nSPS) is 10.2. The van der Waals surface area contributed by atoms with Crippen molar-refractivity contribution in [3.63, 3.8) is 0 Å². The minimum Gasteiger partial charge on any atom is -0.466 e. The molecule has 0 aliphatic rings. The number of halogens is 2. The van der Waals surface area contributed by atoms with Crippen LogP contribution in [0.4, 0.5) is 0 Å². The van der Waals surface area contributed by atoms with Gasteiger partial charge in [0.2, 0.25) is 0 Å². The molecule has 4 nitrogen and oxygen atoms in total. The summed E-state index contributed by atoms with van der Waals surface area (Å²) >= 11 is 11.7. The number of hydrogen-bond donors (Lipinski definition) is 0. The highest BCUT2D eigenvalue weighted by molar-refractivity contribution is 6.35. The van der Waals surface area contributed by atoms with Crippen molar-refractivity contribution in [3.05, 3.63) is 33.8 Å². The largest absolute Gasteiger partial charge is 0.466 e. The number of hydrogen-bond acceptors (Lipinski definition) is 4. The van der Waals surface area contributed by atoms with Crippen molar-refractivity contribution in [2.45, 2.75) is 39.2 Å². The van der Waals surface area contributed by atoms with Crippen molar-refractivity contribution in [2.75, 3.05) is 6.61 Å². The van der Waals surface area contributed by atoms with Crippen LogP contribution in [0.2, 0.25) is 10.0 Å². The minimum atomic E-state index is -0.464. The Kier molecular flexibility index (Phi) is 8.16. The van der Waals surface area contributed by atoms with Crippen LogP contribution in [0.3, 0.4) is 0 Å². The van der Waals surface area contributed by atoms with Crippen molar-refractivity contribution in [2.24, 2.45) is 0 Å². The molecule has 6 heteroatoms. The van der Waals surface area contributed by atoms with Crippen LogP contribution in [0.5, 0.6) is 0 Å². The average molecular weight is 333 g/mol. The van der Waals surface area contributed by atoms with Crippen LogP contribution in [0.1, 0.15) is 38.2 Å². The topological polar surface area (TPSA) is 52.6 Å². The quantitative estimate of drug-likeness (QED) is 0.529. The van der Waals surface area contributed by atoms with Crippen LogP contribution in [0, 0.1) is 0 Å². The van der Waals surface area contributed by atoms with Crippen LogP contribution in [0.25, 0.3) is 0 Å². The van der Waals surface area contributed by atoms with Gasteiger partial charge in [0.15, 0.2) is 0 Å². The second kappa shape index (κ2) is 9.64. The predicted octanol–water partition coefficient (Wildman–Crippen LogP) is 4.16. The second-order valence-electron chi connectivity index (χ2n) is 4.47. The van der Waals surface area contributed by atoms with E-state index in [1.165, 1.54) is 0 Å². The van der Waals surface area contributed by atoms with Crippen LogP contribution in [0.15, 0.2) is 18.2 Å². The van der Waals surface area contributed by atoms with Crippen LogP contribution < -0.4 is 0 Å². The van der Waals surface area contributed by atoms with Crippen molar-refractivity contribution in [1.82, 2.24) is 0 Å². The molecule has 0 bridgehead atoms. The number of carbonyl (C=O) groups is 2. The Hall–Kier alpha value is -1.26. The lowest BCUT2D eigenvalue weighted by Crippen LogP contribution is -2.11. The van der Waals surface area contributed by atoms with Gasteiger partial charge >= 0.3 is 11.9 Å². The van der Waals surface area contributed by atoms with E-state index in [0.717, 1.165) is 12.8 Å². The molecule has 1 aromatic carbocycles. The first kappa shape index (κ1) is 17.8. The van der Waals surface area contributed by atoms with E-state index >= 15 is 0 Å². The van der Waals surface area contributed by atoms with E-state index in [-0.39, 0.29) is 25.4 Å². The van der Waals surface area contributed by atoms with Crippen LogP contribution in [-0.2, 0) is 25.7 Å². The molecule has 0 fully saturated rings. The minimum absolute atomic E-state index is 0.00380. The Bertz CT molecular complexity index is 489. The van der Waals surface area contributed by atoms with Gasteiger partial charge in [0, 0.05) is 15.6 Å². The maximum absolute atomic E-state index is 11.5. The Labute approximate surface area is 134 Å². The van der Waals surface area contributed by atoms with Gasteiger partial charge in [-0.2, -0.15) is 0 Å². The summed E-state index contributed by atoms with van der Waals surface area (Å²) in [6.45, 7) is 2.46. The van der Waals surface area contributed by atoms with Gasteiger partial charge in [0.05, 0.1) is 19.4 Å². The Balaban J connectivity index is 2.26. The zero-order chi connectivity index (χ0) is 15.7. The number of ether oxygens (including phenoxy) is 2. The number of rotatable bonds is 8. The van der Waals surface area contributed by atoms with Crippen LogP contribution in [-0.4, -0.2) is 18.5 Å². The molecule has 1 aromatic rings. The lowest BCUT2D eigenvalue weighted by molar-refractivity contribution is -0.151. The molecule has 0 heterocycles. The van der Waals surface area contributed by atoms with Gasteiger partial charge in [-0.15, -0.1) is 0 Å². The van der Waals surface area contributed by atoms with Gasteiger partial charge in [-0.1, -0.05) is 42.6 Å². The van der Waals surface area contributed by atoms with Gasteiger partial charge in [-0.25, -0.2) is 0 Å². The van der Waals surface area contributed by atoms with Gasteiger partial charge in [0.1, 0.15) is 6.61 Å². The highest BCUT2D eigenvalue weighted by Gasteiger charge is 2.10. The van der Waals surface area contributed by atoms with E-state index < -0.39 is 5.97 Å². The SMILES string of the molecule is CCCCOC(=O)CCC(=O)OCc1ccc(Cl)cc1Cl. The monoisotopic (exact) mass is 332 g/mol. The smallest absolute Gasteiger partial charge is 0.306 e. The van der Waals surface area contributed by atoms with Crippen molar-refractivity contribution in [1.29, 1.82) is 0 Å². The fourth-order valence-corrected chi connectivity index (χ4v) is 1.94. The molecule has 0 radical (unpaired) electrons. The molecule has 0 atom stereocenters. The van der Waals surface area contributed by atoms with E-state index in [4.69, 9.17) is 32.7 Å². The third-order valence-corrected chi connectivity index (χ3v) is 3.28. The molecule has 0 amide bonds. The summed E-state index contributed by atoms with van der Waals surface area (Å²) in [5, 5.41) is 0.958. The predicted molar refractivity (Wildman–Crippen MR) is 81.4 cm³/mol. The maximum atomic E-state index is 11.5. The zero-order valence-electron chi connectivity index (χ0n) is 11.9. The Morgan fingerprint density at radius 2 is 1.76 bits per heavy atom. The van der Waals surface area contributed by atoms with Gasteiger partial charge in [-0.05, 0) is 18.6 Å². The first-order valence-electron chi connectivity index (χ1n) is 6.78. The molecule has 0 N–H and O–H groups in total. The number of benzene rings is 1. The number of esters is 2. The average Bonchev–Trinajstić information content (AvgIpc) is 2.44. The van der Waals surface area contributed by atoms with E-state index in [1.54, 1.807) is 18.2 Å². The highest BCUT2D eigenvalue weighted by atomic mass is 35.5. The van der Waals surface area contributed by atoms with E-state index in [9.17, 15) is 9.59 Å². The summed E-state index contributed by atoms with van der Waals surface area (Å²) in [4.78, 5) is 22.9. The van der Waals surface area contributed by atoms with Crippen molar-refractivity contribution < 1.29 is 19.1 Å². The molecule has 0 aliphatic heterocycles. The molecule has 0 aliphatic carbocycles. The third kappa shape index (κ3) is 7.34. The maximum Gasteiger partial charge on any atom is 0.306 e. The lowest BCUT2D eigenvalue weighted by atomic mass is 10.2. The van der Waals surface area contributed by atoms with E-state index in [1.807, 2.05) is 6.92 Å². The lowest BCUT2D eigenvalue weighted by Gasteiger charge is -2.07. The zero-order valence-corrected chi connectivity index (χ0v) is 13.4. The molecule has 21 heavy (non-hydrogen) atoms. The Morgan fingerprint density at radius 1 is 1.10 bits per heavy atom.